The molecule has 12 heteroatoms. The first-order valence-corrected chi connectivity index (χ1v) is 16.4. The Balaban J connectivity index is 0.00000111. The predicted octanol–water partition coefficient (Wildman–Crippen LogP) is 6.76. The average molecular weight is 737 g/mol. The molecule has 2 aromatic carbocycles. The number of hydrogen-bond acceptors (Lipinski definition) is 5. The van der Waals surface area contributed by atoms with Gasteiger partial charge in [0.2, 0.25) is 11.8 Å². The molecule has 3 aromatic rings. The van der Waals surface area contributed by atoms with Crippen LogP contribution in [0.5, 0.6) is 0 Å². The first-order chi connectivity index (χ1) is 21.4. The van der Waals surface area contributed by atoms with Crippen molar-refractivity contribution in [3.05, 3.63) is 76.7 Å². The van der Waals surface area contributed by atoms with Gasteiger partial charge in [-0.3, -0.25) is 24.8 Å². The van der Waals surface area contributed by atoms with E-state index in [1.807, 2.05) is 18.7 Å². The minimum Gasteiger partial charge on any atom is -0.388 e. The lowest BCUT2D eigenvalue weighted by molar-refractivity contribution is -0.160. The molecule has 3 unspecified atom stereocenters. The van der Waals surface area contributed by atoms with E-state index in [2.05, 4.69) is 16.0 Å². The summed E-state index contributed by atoms with van der Waals surface area (Å²) in [6.45, 7) is 6.97. The van der Waals surface area contributed by atoms with E-state index in [0.29, 0.717) is 48.1 Å². The van der Waals surface area contributed by atoms with Gasteiger partial charge in [0, 0.05) is 37.0 Å². The molecule has 0 bridgehead atoms. The summed E-state index contributed by atoms with van der Waals surface area (Å²) >= 11 is 1.65. The molecule has 3 fully saturated rings. The molecule has 240 valence electrons. The van der Waals surface area contributed by atoms with E-state index in [9.17, 15) is 27.9 Å². The zero-order chi connectivity index (χ0) is 33.2. The molecule has 3 atom stereocenters. The third-order valence-electron chi connectivity index (χ3n) is 9.10. The van der Waals surface area contributed by atoms with Crippen molar-refractivity contribution in [3.63, 3.8) is 0 Å². The maximum Gasteiger partial charge on any atom is 0.398 e. The number of carbonyl (C=O) groups is 2. The fourth-order valence-electron chi connectivity index (χ4n) is 6.61. The number of amides is 2. The van der Waals surface area contributed by atoms with E-state index in [4.69, 9.17) is 0 Å². The van der Waals surface area contributed by atoms with Gasteiger partial charge in [-0.1, -0.05) is 44.2 Å². The topological polar surface area (TPSA) is 82.5 Å². The zero-order valence-electron chi connectivity index (χ0n) is 25.6. The number of carbonyl (C=O) groups excluding carboxylic acids is 2. The predicted molar refractivity (Wildman–Crippen MR) is 175 cm³/mol. The number of imide groups is 1. The van der Waals surface area contributed by atoms with Gasteiger partial charge in [-0.25, -0.2) is 4.39 Å². The SMILES string of the molecule is CC.CC1(O)CN(Cc2ccc(C3(C(F)(F)F)CC3)cc2)CCC1c1ccc2ncc(C3CCC(=O)NC3=O)cc2c1F.[B]I. The van der Waals surface area contributed by atoms with Gasteiger partial charge in [0.1, 0.15) is 5.82 Å². The molecule has 0 spiro atoms. The summed E-state index contributed by atoms with van der Waals surface area (Å²) in [4.78, 5) is 30.3. The summed E-state index contributed by atoms with van der Waals surface area (Å²) in [5.74, 6) is -2.32. The van der Waals surface area contributed by atoms with Crippen LogP contribution >= 0.6 is 22.4 Å². The molecule has 6 rings (SSSR count). The van der Waals surface area contributed by atoms with Crippen LogP contribution in [0.4, 0.5) is 17.6 Å². The van der Waals surface area contributed by atoms with E-state index in [1.54, 1.807) is 71.8 Å². The first kappa shape index (κ1) is 35.3. The molecular weight excluding hydrogens is 700 g/mol. The molecule has 6 nitrogen and oxygen atoms in total. The quantitative estimate of drug-likeness (QED) is 0.131. The van der Waals surface area contributed by atoms with Gasteiger partial charge in [-0.2, -0.15) is 35.5 Å². The van der Waals surface area contributed by atoms with Gasteiger partial charge < -0.3 is 5.11 Å². The fourth-order valence-corrected chi connectivity index (χ4v) is 6.61. The maximum atomic E-state index is 16.0. The monoisotopic (exact) mass is 737 g/mol. The lowest BCUT2D eigenvalue weighted by Crippen LogP contribution is -2.50. The molecule has 2 saturated heterocycles. The minimum absolute atomic E-state index is 0.117. The van der Waals surface area contributed by atoms with Gasteiger partial charge in [0.15, 0.2) is 5.70 Å². The van der Waals surface area contributed by atoms with Gasteiger partial charge in [0.05, 0.1) is 22.5 Å². The van der Waals surface area contributed by atoms with Gasteiger partial charge in [-0.05, 0) is 73.5 Å². The highest BCUT2D eigenvalue weighted by atomic mass is 127. The highest BCUT2D eigenvalue weighted by Gasteiger charge is 2.64. The Morgan fingerprint density at radius 3 is 2.33 bits per heavy atom. The van der Waals surface area contributed by atoms with E-state index < -0.39 is 40.8 Å². The van der Waals surface area contributed by atoms with Crippen LogP contribution in [0.3, 0.4) is 0 Å². The molecule has 2 aliphatic heterocycles. The Morgan fingerprint density at radius 2 is 1.76 bits per heavy atom. The van der Waals surface area contributed by atoms with E-state index >= 15 is 4.39 Å². The number of rotatable bonds is 5. The molecule has 1 aliphatic carbocycles. The van der Waals surface area contributed by atoms with Crippen molar-refractivity contribution in [2.45, 2.75) is 88.4 Å². The molecular formula is C33H37BF4IN3O3. The first-order valence-electron chi connectivity index (χ1n) is 15.1. The molecule has 3 aliphatic rings. The molecule has 45 heavy (non-hydrogen) atoms. The number of aromatic nitrogens is 1. The summed E-state index contributed by atoms with van der Waals surface area (Å²) in [6.07, 6.45) is -1.47. The average Bonchev–Trinajstić information content (AvgIpc) is 3.83. The summed E-state index contributed by atoms with van der Waals surface area (Å²) in [5, 5.41) is 14.0. The van der Waals surface area contributed by atoms with Crippen molar-refractivity contribution in [1.82, 2.24) is 15.2 Å². The summed E-state index contributed by atoms with van der Waals surface area (Å²) in [7, 11) is 0. The van der Waals surface area contributed by atoms with E-state index in [0.717, 1.165) is 5.56 Å². The second-order valence-corrected chi connectivity index (χ2v) is 12.0. The number of fused-ring (bicyclic) bond motifs is 1. The highest BCUT2D eigenvalue weighted by molar-refractivity contribution is 14.1. The van der Waals surface area contributed by atoms with Crippen LogP contribution < -0.4 is 5.32 Å². The largest absolute Gasteiger partial charge is 0.398 e. The standard InChI is InChI=1S/C31H31F4N3O3.C2H6.BI/c1-29(41)17-38(16-18-2-4-20(5-3-18)30(11-12-30)31(33,34)35)13-10-24(29)22-6-8-25-23(27(22)32)14-19(15-36-25)21-7-9-26(39)37-28(21)40;2*1-2/h2-6,8,14-15,21,24,41H,7,9-13,16-17H2,1H3,(H,37,39,40);1-2H3;. The van der Waals surface area contributed by atoms with Crippen molar-refractivity contribution >= 4 is 50.8 Å². The highest BCUT2D eigenvalue weighted by Crippen LogP contribution is 2.58. The van der Waals surface area contributed by atoms with Crippen LogP contribution in [-0.2, 0) is 21.5 Å². The Kier molecular flexibility index (Phi) is 11.0. The van der Waals surface area contributed by atoms with E-state index in [-0.39, 0.29) is 37.1 Å². The summed E-state index contributed by atoms with van der Waals surface area (Å²) in [5.41, 5.74) is 3.97. The van der Waals surface area contributed by atoms with E-state index in [1.165, 1.54) is 6.20 Å². The molecule has 2 amide bonds. The number of aliphatic hydroxyl groups is 1. The molecule has 2 N–H and O–H groups in total. The van der Waals surface area contributed by atoms with Crippen LogP contribution in [0, 0.1) is 5.82 Å². The number of halogens is 5. The second-order valence-electron chi connectivity index (χ2n) is 12.0. The van der Waals surface area contributed by atoms with Crippen molar-refractivity contribution in [3.8, 4) is 0 Å². The Morgan fingerprint density at radius 1 is 1.09 bits per heavy atom. The van der Waals surface area contributed by atoms with Gasteiger partial charge in [0.25, 0.3) is 0 Å². The Hall–Kier alpha value is -2.58. The molecule has 1 saturated carbocycles. The number of nitrogens with one attached hydrogen (secondary N) is 1. The van der Waals surface area contributed by atoms with Crippen LogP contribution in [0.25, 0.3) is 10.9 Å². The number of hydrogen-bond donors (Lipinski definition) is 2. The number of benzene rings is 2. The second kappa shape index (κ2) is 14.0. The third-order valence-corrected chi connectivity index (χ3v) is 9.10. The number of piperidine rings is 2. The number of likely N-dealkylation sites (tertiary alicyclic amines) is 1. The van der Waals surface area contributed by atoms with Crippen LogP contribution in [-0.4, -0.2) is 57.4 Å². The summed E-state index contributed by atoms with van der Waals surface area (Å²) in [6, 6.07) is 11.5. The van der Waals surface area contributed by atoms with Gasteiger partial charge >= 0.3 is 6.18 Å². The lowest BCUT2D eigenvalue weighted by atomic mass is 9.77. The zero-order valence-corrected chi connectivity index (χ0v) is 27.7. The minimum atomic E-state index is -4.25. The van der Waals surface area contributed by atoms with Crippen molar-refractivity contribution in [1.29, 1.82) is 0 Å². The smallest absolute Gasteiger partial charge is 0.388 e. The van der Waals surface area contributed by atoms with Crippen molar-refractivity contribution in [2.75, 3.05) is 13.1 Å². The fraction of sp³-hybridized carbons (Fsp3) is 0.485. The van der Waals surface area contributed by atoms with Crippen LogP contribution in [0.2, 0.25) is 0 Å². The normalized spacial score (nSPS) is 24.6. The van der Waals surface area contributed by atoms with Crippen molar-refractivity contribution in [2.24, 2.45) is 0 Å². The number of alkyl halides is 3. The molecule has 1 aromatic heterocycles. The Labute approximate surface area is 275 Å². The number of nitrogens with zero attached hydrogens (tertiary/aromatic N) is 2. The molecule has 2 radical (unpaired) electrons. The summed E-state index contributed by atoms with van der Waals surface area (Å²) < 4.78 is 56.4. The van der Waals surface area contributed by atoms with Crippen LogP contribution in [0.15, 0.2) is 48.7 Å². The third kappa shape index (κ3) is 7.22. The maximum absolute atomic E-state index is 16.0. The molecule has 3 heterocycles. The number of β-amino-alcohol motifs (C(OH)–C–C–N with tert-alkyl or cyclic N) is 1. The van der Waals surface area contributed by atoms with Gasteiger partial charge in [-0.15, -0.1) is 0 Å². The lowest BCUT2D eigenvalue weighted by Gasteiger charge is -2.43. The van der Waals surface area contributed by atoms with Crippen LogP contribution in [0.1, 0.15) is 87.0 Å². The van der Waals surface area contributed by atoms with Crippen molar-refractivity contribution < 1.29 is 32.3 Å². The Bertz CT molecular complexity index is 1530. The number of pyridine rings is 1.